The van der Waals surface area contributed by atoms with Crippen LogP contribution in [0, 0.1) is 6.92 Å². The van der Waals surface area contributed by atoms with Gasteiger partial charge in [0.05, 0.1) is 0 Å². The van der Waals surface area contributed by atoms with Gasteiger partial charge in [0.1, 0.15) is 7.05 Å². The lowest BCUT2D eigenvalue weighted by atomic mass is 10.0. The van der Waals surface area contributed by atoms with Gasteiger partial charge in [-0.15, -0.1) is 0 Å². The highest BCUT2D eigenvalue weighted by Crippen LogP contribution is 2.13. The summed E-state index contributed by atoms with van der Waals surface area (Å²) in [5.74, 6) is -0.663. The molecule has 3 heteroatoms. The zero-order chi connectivity index (χ0) is 16.9. The summed E-state index contributed by atoms with van der Waals surface area (Å²) in [6.45, 7) is 2.20. The van der Waals surface area contributed by atoms with Crippen molar-refractivity contribution in [3.05, 3.63) is 29.6 Å². The molecule has 0 spiro atoms. The van der Waals surface area contributed by atoms with E-state index in [9.17, 15) is 4.79 Å². The molecule has 1 N–H and O–H groups in total. The van der Waals surface area contributed by atoms with Crippen LogP contribution in [-0.2, 0) is 18.3 Å². The maximum Gasteiger partial charge on any atom is 0.303 e. The molecule has 1 heterocycles. The van der Waals surface area contributed by atoms with Crippen molar-refractivity contribution >= 4 is 5.97 Å². The Morgan fingerprint density at radius 1 is 0.957 bits per heavy atom. The average molecular weight is 320 g/mol. The molecule has 23 heavy (non-hydrogen) atoms. The first-order chi connectivity index (χ1) is 11.1. The number of carbonyl (C=O) groups is 1. The number of pyridine rings is 1. The number of hydrogen-bond acceptors (Lipinski definition) is 1. The highest BCUT2D eigenvalue weighted by Gasteiger charge is 2.06. The van der Waals surface area contributed by atoms with Gasteiger partial charge in [-0.1, -0.05) is 51.4 Å². The van der Waals surface area contributed by atoms with Gasteiger partial charge in [0.15, 0.2) is 11.9 Å². The molecule has 0 radical (unpaired) electrons. The standard InChI is InChI=1S/C20H33NO2/c1-18-19(15-13-17-21(18)2)14-11-9-7-5-3-4-6-8-10-12-16-20(22)23/h13,15,17H,3-12,14,16H2,1-2H3/p+1. The van der Waals surface area contributed by atoms with Gasteiger partial charge in [-0.25, -0.2) is 4.57 Å². The van der Waals surface area contributed by atoms with E-state index in [4.69, 9.17) is 5.11 Å². The summed E-state index contributed by atoms with van der Waals surface area (Å²) in [7, 11) is 2.11. The first-order valence-electron chi connectivity index (χ1n) is 9.27. The second-order valence-electron chi connectivity index (χ2n) is 6.66. The minimum atomic E-state index is -0.663. The number of nitrogens with zero attached hydrogens (tertiary/aromatic N) is 1. The smallest absolute Gasteiger partial charge is 0.303 e. The lowest BCUT2D eigenvalue weighted by molar-refractivity contribution is -0.678. The Hall–Kier alpha value is -1.38. The van der Waals surface area contributed by atoms with Crippen molar-refractivity contribution in [3.8, 4) is 0 Å². The molecular weight excluding hydrogens is 286 g/mol. The summed E-state index contributed by atoms with van der Waals surface area (Å²) in [6, 6.07) is 4.39. The second kappa shape index (κ2) is 12.1. The molecule has 0 aliphatic heterocycles. The summed E-state index contributed by atoms with van der Waals surface area (Å²) >= 11 is 0. The van der Waals surface area contributed by atoms with Gasteiger partial charge in [0.25, 0.3) is 0 Å². The molecule has 3 nitrogen and oxygen atoms in total. The van der Waals surface area contributed by atoms with E-state index in [0.717, 1.165) is 12.8 Å². The molecule has 0 atom stereocenters. The van der Waals surface area contributed by atoms with Crippen LogP contribution in [0.15, 0.2) is 18.3 Å². The quantitative estimate of drug-likeness (QED) is 0.421. The molecule has 0 aromatic carbocycles. The maximum atomic E-state index is 10.4. The SMILES string of the molecule is Cc1c(CCCCCCCCCCCCC(=O)O)ccc[n+]1C. The Bertz CT molecular complexity index is 457. The number of aliphatic carboxylic acids is 1. The van der Waals surface area contributed by atoms with Crippen molar-refractivity contribution in [2.24, 2.45) is 7.05 Å². The fourth-order valence-corrected chi connectivity index (χ4v) is 3.02. The highest BCUT2D eigenvalue weighted by molar-refractivity contribution is 5.66. The third-order valence-corrected chi connectivity index (χ3v) is 4.69. The highest BCUT2D eigenvalue weighted by atomic mass is 16.4. The fraction of sp³-hybridized carbons (Fsp3) is 0.700. The first kappa shape index (κ1) is 19.7. The third kappa shape index (κ3) is 9.37. The summed E-state index contributed by atoms with van der Waals surface area (Å²) in [5.41, 5.74) is 2.87. The monoisotopic (exact) mass is 320 g/mol. The summed E-state index contributed by atoms with van der Waals surface area (Å²) in [4.78, 5) is 10.4. The predicted molar refractivity (Wildman–Crippen MR) is 94.5 cm³/mol. The molecule has 1 aromatic heterocycles. The normalized spacial score (nSPS) is 10.9. The van der Waals surface area contributed by atoms with E-state index in [1.165, 1.54) is 69.0 Å². The molecule has 1 rings (SSSR count). The molecule has 0 amide bonds. The second-order valence-corrected chi connectivity index (χ2v) is 6.66. The van der Waals surface area contributed by atoms with Crippen LogP contribution in [0.5, 0.6) is 0 Å². The van der Waals surface area contributed by atoms with Crippen molar-refractivity contribution in [2.45, 2.75) is 84.0 Å². The van der Waals surface area contributed by atoms with Crippen LogP contribution in [-0.4, -0.2) is 11.1 Å². The first-order valence-corrected chi connectivity index (χ1v) is 9.27. The molecule has 0 saturated heterocycles. The van der Waals surface area contributed by atoms with E-state index in [1.807, 2.05) is 0 Å². The summed E-state index contributed by atoms with van der Waals surface area (Å²) < 4.78 is 2.20. The topological polar surface area (TPSA) is 41.2 Å². The van der Waals surface area contributed by atoms with Crippen molar-refractivity contribution in [1.29, 1.82) is 0 Å². The van der Waals surface area contributed by atoms with Crippen molar-refractivity contribution in [1.82, 2.24) is 0 Å². The average Bonchev–Trinajstić information content (AvgIpc) is 2.52. The van der Waals surface area contributed by atoms with E-state index < -0.39 is 5.97 Å². The lowest BCUT2D eigenvalue weighted by Crippen LogP contribution is -2.32. The number of rotatable bonds is 13. The van der Waals surface area contributed by atoms with Gasteiger partial charge in [-0.05, 0) is 25.3 Å². The zero-order valence-corrected chi connectivity index (χ0v) is 15.0. The largest absolute Gasteiger partial charge is 0.481 e. The van der Waals surface area contributed by atoms with Crippen LogP contribution < -0.4 is 4.57 Å². The Morgan fingerprint density at radius 2 is 1.48 bits per heavy atom. The molecule has 0 fully saturated rings. The van der Waals surface area contributed by atoms with Crippen LogP contribution >= 0.6 is 0 Å². The van der Waals surface area contributed by atoms with Crippen LogP contribution in [0.1, 0.15) is 81.9 Å². The van der Waals surface area contributed by atoms with Crippen molar-refractivity contribution in [2.75, 3.05) is 0 Å². The predicted octanol–water partition coefficient (Wildman–Crippen LogP) is 4.74. The molecule has 0 aliphatic carbocycles. The van der Waals surface area contributed by atoms with Gasteiger partial charge in [0, 0.05) is 25.0 Å². The number of unbranched alkanes of at least 4 members (excludes halogenated alkanes) is 9. The van der Waals surface area contributed by atoms with Crippen molar-refractivity contribution < 1.29 is 14.5 Å². The summed E-state index contributed by atoms with van der Waals surface area (Å²) in [6.07, 6.45) is 16.0. The van der Waals surface area contributed by atoms with Gasteiger partial charge in [-0.2, -0.15) is 0 Å². The van der Waals surface area contributed by atoms with E-state index in [2.05, 4.69) is 36.9 Å². The van der Waals surface area contributed by atoms with Crippen LogP contribution in [0.25, 0.3) is 0 Å². The minimum absolute atomic E-state index is 0.332. The molecule has 130 valence electrons. The Kier molecular flexibility index (Phi) is 10.3. The Morgan fingerprint density at radius 3 is 2.04 bits per heavy atom. The Labute approximate surface area is 141 Å². The lowest BCUT2D eigenvalue weighted by Gasteiger charge is -2.04. The van der Waals surface area contributed by atoms with E-state index in [-0.39, 0.29) is 0 Å². The molecule has 0 saturated carbocycles. The van der Waals surface area contributed by atoms with Crippen LogP contribution in [0.3, 0.4) is 0 Å². The molecular formula is C20H34NO2+. The maximum absolute atomic E-state index is 10.4. The molecule has 0 bridgehead atoms. The van der Waals surface area contributed by atoms with Gasteiger partial charge < -0.3 is 5.11 Å². The number of hydrogen-bond donors (Lipinski definition) is 1. The van der Waals surface area contributed by atoms with Gasteiger partial charge in [-0.3, -0.25) is 4.79 Å². The third-order valence-electron chi connectivity index (χ3n) is 4.69. The Balaban J connectivity index is 1.90. The van der Waals surface area contributed by atoms with Crippen LogP contribution in [0.2, 0.25) is 0 Å². The number of carboxylic acids is 1. The molecule has 0 aliphatic rings. The van der Waals surface area contributed by atoms with Gasteiger partial charge >= 0.3 is 5.97 Å². The minimum Gasteiger partial charge on any atom is -0.481 e. The van der Waals surface area contributed by atoms with E-state index in [0.29, 0.717) is 6.42 Å². The van der Waals surface area contributed by atoms with Crippen LogP contribution in [0.4, 0.5) is 0 Å². The van der Waals surface area contributed by atoms with E-state index in [1.54, 1.807) is 0 Å². The fourth-order valence-electron chi connectivity index (χ4n) is 3.02. The molecule has 0 unspecified atom stereocenters. The van der Waals surface area contributed by atoms with E-state index >= 15 is 0 Å². The number of aryl methyl sites for hydroxylation is 2. The van der Waals surface area contributed by atoms with Crippen molar-refractivity contribution in [3.63, 3.8) is 0 Å². The number of aromatic nitrogens is 1. The van der Waals surface area contributed by atoms with Gasteiger partial charge in [0.2, 0.25) is 0 Å². The number of carboxylic acid groups (broad SMARTS) is 1. The zero-order valence-electron chi connectivity index (χ0n) is 15.0. The summed E-state index contributed by atoms with van der Waals surface area (Å²) in [5, 5.41) is 8.56. The molecule has 1 aromatic rings.